The van der Waals surface area contributed by atoms with Crippen LogP contribution in [0.15, 0.2) is 42.6 Å². The van der Waals surface area contributed by atoms with Gasteiger partial charge in [-0.3, -0.25) is 14.5 Å². The van der Waals surface area contributed by atoms with Gasteiger partial charge in [-0.1, -0.05) is 43.5 Å². The molecule has 0 N–H and O–H groups in total. The van der Waals surface area contributed by atoms with Crippen LogP contribution in [0, 0.1) is 0 Å². The third-order valence-corrected chi connectivity index (χ3v) is 7.57. The third-order valence-electron chi connectivity index (χ3n) is 7.57. The fraction of sp³-hybridized carbons (Fsp3) is 0.538. The summed E-state index contributed by atoms with van der Waals surface area (Å²) in [5.74, 6) is 0.867. The van der Waals surface area contributed by atoms with Crippen molar-refractivity contribution in [2.75, 3.05) is 26.2 Å². The predicted octanol–water partition coefficient (Wildman–Crippen LogP) is 3.13. The molecule has 6 heteroatoms. The molecule has 2 amide bonds. The van der Waals surface area contributed by atoms with Gasteiger partial charge in [0, 0.05) is 45.1 Å². The highest BCUT2D eigenvalue weighted by Gasteiger charge is 2.42. The summed E-state index contributed by atoms with van der Waals surface area (Å²) in [4.78, 5) is 31.9. The van der Waals surface area contributed by atoms with Gasteiger partial charge in [-0.2, -0.15) is 0 Å². The summed E-state index contributed by atoms with van der Waals surface area (Å²) in [6.45, 7) is 3.56. The lowest BCUT2D eigenvalue weighted by molar-refractivity contribution is -0.160. The van der Waals surface area contributed by atoms with Crippen LogP contribution < -0.4 is 0 Å². The fourth-order valence-electron chi connectivity index (χ4n) is 5.62. The highest BCUT2D eigenvalue weighted by Crippen LogP contribution is 2.32. The van der Waals surface area contributed by atoms with Crippen molar-refractivity contribution < 1.29 is 9.59 Å². The normalized spacial score (nSPS) is 23.0. The molecule has 1 aliphatic carbocycles. The number of rotatable bonds is 5. The molecule has 0 radical (unpaired) electrons. The molecule has 5 rings (SSSR count). The summed E-state index contributed by atoms with van der Waals surface area (Å²) < 4.78 is 2.01. The zero-order valence-corrected chi connectivity index (χ0v) is 19.1. The number of fused-ring (bicyclic) bond motifs is 1. The molecule has 3 fully saturated rings. The van der Waals surface area contributed by atoms with E-state index in [4.69, 9.17) is 0 Å². The van der Waals surface area contributed by atoms with Gasteiger partial charge >= 0.3 is 0 Å². The van der Waals surface area contributed by atoms with E-state index in [0.717, 1.165) is 24.7 Å². The fourth-order valence-corrected chi connectivity index (χ4v) is 5.62. The standard InChI is InChI=1S/C26H34N4O2/c1-27-13-5-8-23(27)17-29-19-25(31)30-15-14-28(18-24(30)26(29)32)16-20-9-11-22(12-10-20)21-6-3-2-4-7-21/h5,8-13,21,24H,2-4,6-7,14-19H2,1H3. The van der Waals surface area contributed by atoms with Crippen LogP contribution in [0.3, 0.4) is 0 Å². The smallest absolute Gasteiger partial charge is 0.247 e. The van der Waals surface area contributed by atoms with Crippen molar-refractivity contribution in [2.24, 2.45) is 7.05 Å². The number of aryl methyl sites for hydroxylation is 1. The molecular weight excluding hydrogens is 400 g/mol. The average Bonchev–Trinajstić information content (AvgIpc) is 3.22. The van der Waals surface area contributed by atoms with Gasteiger partial charge in [-0.05, 0) is 42.0 Å². The van der Waals surface area contributed by atoms with Gasteiger partial charge in [0.2, 0.25) is 11.8 Å². The molecule has 6 nitrogen and oxygen atoms in total. The monoisotopic (exact) mass is 434 g/mol. The second-order valence-corrected chi connectivity index (χ2v) is 9.72. The quantitative estimate of drug-likeness (QED) is 0.727. The summed E-state index contributed by atoms with van der Waals surface area (Å²) in [7, 11) is 1.97. The molecule has 170 valence electrons. The van der Waals surface area contributed by atoms with Crippen molar-refractivity contribution >= 4 is 11.8 Å². The summed E-state index contributed by atoms with van der Waals surface area (Å²) in [6.07, 6.45) is 8.69. The highest BCUT2D eigenvalue weighted by atomic mass is 16.2. The van der Waals surface area contributed by atoms with Gasteiger partial charge in [0.25, 0.3) is 0 Å². The Labute approximate surface area is 190 Å². The molecule has 2 aliphatic heterocycles. The minimum absolute atomic E-state index is 0.0697. The second kappa shape index (κ2) is 9.10. The molecule has 2 saturated heterocycles. The number of carbonyl (C=O) groups is 2. The number of hydrogen-bond donors (Lipinski definition) is 0. The lowest BCUT2D eigenvalue weighted by Crippen LogP contribution is -2.66. The lowest BCUT2D eigenvalue weighted by atomic mass is 9.84. The summed E-state index contributed by atoms with van der Waals surface area (Å²) in [6, 6.07) is 12.7. The maximum atomic E-state index is 13.3. The van der Waals surface area contributed by atoms with E-state index in [-0.39, 0.29) is 24.4 Å². The molecule has 1 atom stereocenters. The molecule has 1 aromatic heterocycles. The maximum Gasteiger partial charge on any atom is 0.247 e. The van der Waals surface area contributed by atoms with E-state index in [1.807, 2.05) is 29.9 Å². The highest BCUT2D eigenvalue weighted by molar-refractivity contribution is 5.95. The van der Waals surface area contributed by atoms with Crippen molar-refractivity contribution in [3.8, 4) is 0 Å². The molecule has 0 bridgehead atoms. The van der Waals surface area contributed by atoms with Gasteiger partial charge in [0.15, 0.2) is 0 Å². The van der Waals surface area contributed by atoms with E-state index in [1.165, 1.54) is 43.2 Å². The SMILES string of the molecule is Cn1cccc1CN1CC(=O)N2CCN(Cc3ccc(C4CCCCC4)cc3)CC2C1=O. The zero-order valence-electron chi connectivity index (χ0n) is 19.1. The van der Waals surface area contributed by atoms with E-state index < -0.39 is 0 Å². The second-order valence-electron chi connectivity index (χ2n) is 9.72. The predicted molar refractivity (Wildman–Crippen MR) is 124 cm³/mol. The first-order valence-electron chi connectivity index (χ1n) is 12.1. The Bertz CT molecular complexity index is 960. The molecule has 1 aromatic carbocycles. The number of carbonyl (C=O) groups excluding carboxylic acids is 2. The number of amides is 2. The Morgan fingerprint density at radius 3 is 2.44 bits per heavy atom. The Morgan fingerprint density at radius 1 is 0.938 bits per heavy atom. The van der Waals surface area contributed by atoms with E-state index in [1.54, 1.807) is 9.80 Å². The van der Waals surface area contributed by atoms with Crippen LogP contribution in [0.5, 0.6) is 0 Å². The summed E-state index contributed by atoms with van der Waals surface area (Å²) in [5.41, 5.74) is 3.81. The van der Waals surface area contributed by atoms with Crippen LogP contribution in [0.4, 0.5) is 0 Å². The molecule has 2 aromatic rings. The van der Waals surface area contributed by atoms with Crippen LogP contribution in [0.2, 0.25) is 0 Å². The van der Waals surface area contributed by atoms with Gasteiger partial charge in [0.1, 0.15) is 12.6 Å². The van der Waals surface area contributed by atoms with Gasteiger partial charge in [-0.15, -0.1) is 0 Å². The molecule has 3 aliphatic rings. The van der Waals surface area contributed by atoms with Gasteiger partial charge < -0.3 is 14.4 Å². The van der Waals surface area contributed by atoms with Crippen molar-refractivity contribution in [2.45, 2.75) is 57.2 Å². The number of hydrogen-bond acceptors (Lipinski definition) is 3. The van der Waals surface area contributed by atoms with Crippen LogP contribution in [0.1, 0.15) is 54.8 Å². The van der Waals surface area contributed by atoms with Crippen LogP contribution >= 0.6 is 0 Å². The average molecular weight is 435 g/mol. The van der Waals surface area contributed by atoms with Crippen molar-refractivity contribution in [1.82, 2.24) is 19.3 Å². The lowest BCUT2D eigenvalue weighted by Gasteiger charge is -2.46. The molecule has 1 saturated carbocycles. The molecular formula is C26H34N4O2. The first-order chi connectivity index (χ1) is 15.6. The Kier molecular flexibility index (Phi) is 6.05. The molecule has 32 heavy (non-hydrogen) atoms. The van der Waals surface area contributed by atoms with E-state index in [2.05, 4.69) is 29.2 Å². The summed E-state index contributed by atoms with van der Waals surface area (Å²) in [5, 5.41) is 0. The molecule has 1 unspecified atom stereocenters. The number of aromatic nitrogens is 1. The number of benzene rings is 1. The molecule has 3 heterocycles. The first kappa shape index (κ1) is 21.3. The van der Waals surface area contributed by atoms with Gasteiger partial charge in [-0.25, -0.2) is 0 Å². The largest absolute Gasteiger partial charge is 0.353 e. The van der Waals surface area contributed by atoms with Crippen molar-refractivity contribution in [3.05, 3.63) is 59.4 Å². The van der Waals surface area contributed by atoms with Crippen LogP contribution in [-0.2, 0) is 29.7 Å². The van der Waals surface area contributed by atoms with Crippen molar-refractivity contribution in [1.29, 1.82) is 0 Å². The van der Waals surface area contributed by atoms with Crippen LogP contribution in [-0.4, -0.2) is 63.3 Å². The Morgan fingerprint density at radius 2 is 1.72 bits per heavy atom. The van der Waals surface area contributed by atoms with Gasteiger partial charge in [0.05, 0.1) is 6.54 Å². The van der Waals surface area contributed by atoms with E-state index >= 15 is 0 Å². The topological polar surface area (TPSA) is 48.8 Å². The molecule has 0 spiro atoms. The maximum absolute atomic E-state index is 13.3. The Hall–Kier alpha value is -2.60. The Balaban J connectivity index is 1.23. The van der Waals surface area contributed by atoms with Crippen molar-refractivity contribution in [3.63, 3.8) is 0 Å². The van der Waals surface area contributed by atoms with E-state index in [0.29, 0.717) is 19.6 Å². The summed E-state index contributed by atoms with van der Waals surface area (Å²) >= 11 is 0. The number of nitrogens with zero attached hydrogens (tertiary/aromatic N) is 4. The minimum Gasteiger partial charge on any atom is -0.353 e. The first-order valence-corrected chi connectivity index (χ1v) is 12.1. The van der Waals surface area contributed by atoms with E-state index in [9.17, 15) is 9.59 Å². The zero-order chi connectivity index (χ0) is 22.1. The number of piperazine rings is 2. The van der Waals surface area contributed by atoms with Crippen LogP contribution in [0.25, 0.3) is 0 Å². The minimum atomic E-state index is -0.369. The third kappa shape index (κ3) is 4.33.